The Morgan fingerprint density at radius 3 is 2.14 bits per heavy atom. The number of carbonyl (C=O) groups is 3. The van der Waals surface area contributed by atoms with Crippen LogP contribution in [-0.4, -0.2) is 37.1 Å². The van der Waals surface area contributed by atoms with Crippen molar-refractivity contribution < 1.29 is 22.8 Å². The van der Waals surface area contributed by atoms with Gasteiger partial charge in [-0.3, -0.25) is 19.3 Å². The van der Waals surface area contributed by atoms with E-state index >= 15 is 0 Å². The molecule has 1 saturated heterocycles. The van der Waals surface area contributed by atoms with E-state index in [4.69, 9.17) is 5.14 Å². The highest BCUT2D eigenvalue weighted by Crippen LogP contribution is 2.17. The molecule has 2 rings (SSSR count). The van der Waals surface area contributed by atoms with Gasteiger partial charge in [-0.2, -0.15) is 0 Å². The topological polar surface area (TPSA) is 127 Å². The third-order valence-electron chi connectivity index (χ3n) is 3.31. The molecule has 1 fully saturated rings. The number of amides is 3. The van der Waals surface area contributed by atoms with Crippen LogP contribution in [0.1, 0.15) is 19.8 Å². The molecule has 0 unspecified atom stereocenters. The first-order chi connectivity index (χ1) is 10.2. The van der Waals surface area contributed by atoms with E-state index in [2.05, 4.69) is 5.32 Å². The largest absolute Gasteiger partial charge is 0.324 e. The first-order valence-corrected chi connectivity index (χ1v) is 8.03. The molecule has 1 heterocycles. The van der Waals surface area contributed by atoms with Crippen molar-refractivity contribution in [3.8, 4) is 0 Å². The molecule has 22 heavy (non-hydrogen) atoms. The Labute approximate surface area is 127 Å². The van der Waals surface area contributed by atoms with Crippen molar-refractivity contribution in [3.63, 3.8) is 0 Å². The van der Waals surface area contributed by atoms with Crippen molar-refractivity contribution >= 4 is 33.4 Å². The summed E-state index contributed by atoms with van der Waals surface area (Å²) < 4.78 is 22.3. The van der Waals surface area contributed by atoms with Crippen molar-refractivity contribution in [3.05, 3.63) is 24.3 Å². The van der Waals surface area contributed by atoms with Gasteiger partial charge in [-0.15, -0.1) is 0 Å². The van der Waals surface area contributed by atoms with Crippen LogP contribution in [0.3, 0.4) is 0 Å². The minimum absolute atomic E-state index is 0.0801. The third kappa shape index (κ3) is 3.31. The van der Waals surface area contributed by atoms with Gasteiger partial charge < -0.3 is 5.32 Å². The molecule has 1 aliphatic heterocycles. The van der Waals surface area contributed by atoms with E-state index in [9.17, 15) is 22.8 Å². The summed E-state index contributed by atoms with van der Waals surface area (Å²) in [5.41, 5.74) is 0.336. The molecule has 118 valence electrons. The Bertz CT molecular complexity index is 711. The van der Waals surface area contributed by atoms with Crippen molar-refractivity contribution in [1.29, 1.82) is 0 Å². The van der Waals surface area contributed by atoms with Crippen LogP contribution in [0.2, 0.25) is 0 Å². The fraction of sp³-hybridized carbons (Fsp3) is 0.308. The number of anilines is 1. The van der Waals surface area contributed by atoms with Crippen LogP contribution in [0.4, 0.5) is 5.69 Å². The summed E-state index contributed by atoms with van der Waals surface area (Å²) in [4.78, 5) is 36.1. The highest BCUT2D eigenvalue weighted by atomic mass is 32.2. The smallest absolute Gasteiger partial charge is 0.247 e. The molecule has 0 aliphatic carbocycles. The number of imide groups is 1. The van der Waals surface area contributed by atoms with Crippen LogP contribution in [-0.2, 0) is 24.4 Å². The average Bonchev–Trinajstić information content (AvgIpc) is 2.77. The number of sulfonamides is 1. The fourth-order valence-electron chi connectivity index (χ4n) is 2.12. The molecule has 0 spiro atoms. The summed E-state index contributed by atoms with van der Waals surface area (Å²) in [6.07, 6.45) is 0.221. The standard InChI is InChI=1S/C13H15N3O5S/c1-8(16-11(17)6-7-12(16)18)13(19)15-9-2-4-10(5-3-9)22(14,20)21/h2-5,8H,6-7H2,1H3,(H,15,19)(H2,14,20,21)/t8-/m1/s1. The van der Waals surface area contributed by atoms with E-state index in [-0.39, 0.29) is 29.6 Å². The van der Waals surface area contributed by atoms with Crippen LogP contribution < -0.4 is 10.5 Å². The Morgan fingerprint density at radius 1 is 1.18 bits per heavy atom. The molecule has 8 nitrogen and oxygen atoms in total. The highest BCUT2D eigenvalue weighted by molar-refractivity contribution is 7.89. The molecule has 0 aromatic heterocycles. The summed E-state index contributed by atoms with van der Waals surface area (Å²) in [6, 6.07) is 4.32. The third-order valence-corrected chi connectivity index (χ3v) is 4.24. The maximum absolute atomic E-state index is 12.1. The minimum Gasteiger partial charge on any atom is -0.324 e. The summed E-state index contributed by atoms with van der Waals surface area (Å²) in [5.74, 6) is -1.29. The molecule has 0 saturated carbocycles. The van der Waals surface area contributed by atoms with E-state index in [1.165, 1.54) is 31.2 Å². The maximum Gasteiger partial charge on any atom is 0.247 e. The lowest BCUT2D eigenvalue weighted by Gasteiger charge is -2.21. The van der Waals surface area contributed by atoms with Crippen LogP contribution in [0.5, 0.6) is 0 Å². The average molecular weight is 325 g/mol. The van der Waals surface area contributed by atoms with E-state index in [1.807, 2.05) is 0 Å². The van der Waals surface area contributed by atoms with E-state index in [0.29, 0.717) is 5.69 Å². The second-order valence-corrected chi connectivity index (χ2v) is 6.45. The normalized spacial score (nSPS) is 16.7. The van der Waals surface area contributed by atoms with Crippen LogP contribution in [0.25, 0.3) is 0 Å². The van der Waals surface area contributed by atoms with Gasteiger partial charge in [-0.1, -0.05) is 0 Å². The molecule has 3 amide bonds. The molecule has 1 aromatic rings. The SMILES string of the molecule is C[C@H](C(=O)Nc1ccc(S(N)(=O)=O)cc1)N1C(=O)CCC1=O. The summed E-state index contributed by atoms with van der Waals surface area (Å²) >= 11 is 0. The van der Waals surface area contributed by atoms with Gasteiger partial charge >= 0.3 is 0 Å². The Morgan fingerprint density at radius 2 is 1.68 bits per heavy atom. The summed E-state index contributed by atoms with van der Waals surface area (Å²) in [6.45, 7) is 1.45. The zero-order chi connectivity index (χ0) is 16.5. The van der Waals surface area contributed by atoms with Gasteiger partial charge in [0.05, 0.1) is 4.90 Å². The van der Waals surface area contributed by atoms with Crippen molar-refractivity contribution in [2.45, 2.75) is 30.7 Å². The lowest BCUT2D eigenvalue weighted by atomic mass is 10.2. The number of nitrogens with two attached hydrogens (primary N) is 1. The predicted octanol–water partition coefficient (Wildman–Crippen LogP) is -0.190. The van der Waals surface area contributed by atoms with E-state index < -0.39 is 22.0 Å². The second-order valence-electron chi connectivity index (χ2n) is 4.89. The zero-order valence-electron chi connectivity index (χ0n) is 11.8. The Kier molecular flexibility index (Phi) is 4.29. The quantitative estimate of drug-likeness (QED) is 0.742. The number of rotatable bonds is 4. The Balaban J connectivity index is 2.09. The molecule has 1 aliphatic rings. The lowest BCUT2D eigenvalue weighted by molar-refractivity contribution is -0.144. The van der Waals surface area contributed by atoms with Crippen molar-refractivity contribution in [2.24, 2.45) is 5.14 Å². The van der Waals surface area contributed by atoms with Crippen LogP contribution >= 0.6 is 0 Å². The van der Waals surface area contributed by atoms with Crippen molar-refractivity contribution in [2.75, 3.05) is 5.32 Å². The minimum atomic E-state index is -3.80. The fourth-order valence-corrected chi connectivity index (χ4v) is 2.63. The number of benzene rings is 1. The Hall–Kier alpha value is -2.26. The van der Waals surface area contributed by atoms with Gasteiger partial charge in [-0.25, -0.2) is 13.6 Å². The van der Waals surface area contributed by atoms with Gasteiger partial charge in [0.1, 0.15) is 6.04 Å². The summed E-state index contributed by atoms with van der Waals surface area (Å²) in [5, 5.41) is 7.49. The zero-order valence-corrected chi connectivity index (χ0v) is 12.6. The number of carbonyl (C=O) groups excluding carboxylic acids is 3. The van der Waals surface area contributed by atoms with Gasteiger partial charge in [0.25, 0.3) is 0 Å². The monoisotopic (exact) mass is 325 g/mol. The van der Waals surface area contributed by atoms with Crippen molar-refractivity contribution in [1.82, 2.24) is 4.90 Å². The maximum atomic E-state index is 12.1. The van der Waals surface area contributed by atoms with Gasteiger partial charge in [0, 0.05) is 18.5 Å². The number of primary sulfonamides is 1. The van der Waals surface area contributed by atoms with E-state index in [1.54, 1.807) is 0 Å². The van der Waals surface area contributed by atoms with E-state index in [0.717, 1.165) is 4.90 Å². The molecule has 9 heteroatoms. The number of nitrogens with zero attached hydrogens (tertiary/aromatic N) is 1. The molecule has 0 bridgehead atoms. The number of hydrogen-bond donors (Lipinski definition) is 2. The second kappa shape index (κ2) is 5.85. The predicted molar refractivity (Wildman–Crippen MR) is 77.0 cm³/mol. The highest BCUT2D eigenvalue weighted by Gasteiger charge is 2.36. The number of likely N-dealkylation sites (tertiary alicyclic amines) is 1. The van der Waals surface area contributed by atoms with Gasteiger partial charge in [0.15, 0.2) is 0 Å². The van der Waals surface area contributed by atoms with Crippen LogP contribution in [0.15, 0.2) is 29.2 Å². The molecule has 0 radical (unpaired) electrons. The first kappa shape index (κ1) is 16.1. The number of hydrogen-bond acceptors (Lipinski definition) is 5. The lowest BCUT2D eigenvalue weighted by Crippen LogP contribution is -2.44. The first-order valence-electron chi connectivity index (χ1n) is 6.49. The molecular formula is C13H15N3O5S. The molecule has 1 aromatic carbocycles. The van der Waals surface area contributed by atoms with Gasteiger partial charge in [0.2, 0.25) is 27.7 Å². The van der Waals surface area contributed by atoms with Crippen LogP contribution in [0, 0.1) is 0 Å². The molecule has 1 atom stereocenters. The molecule has 3 N–H and O–H groups in total. The molecular weight excluding hydrogens is 310 g/mol. The summed E-state index contributed by atoms with van der Waals surface area (Å²) in [7, 11) is -3.80. The number of nitrogens with one attached hydrogen (secondary N) is 1. The van der Waals surface area contributed by atoms with Gasteiger partial charge in [-0.05, 0) is 31.2 Å².